The molecule has 0 spiro atoms. The predicted molar refractivity (Wildman–Crippen MR) is 118 cm³/mol. The number of sulfonamides is 1. The standard InChI is InChI=1S/C20H21ClN4O5S/c21-14-5-8-16-17(12-14)24-20(28)25(19(16)27)11-1-2-18(26)23-10-9-13-3-6-15(7-4-13)31(22,29)30/h3-8,12H,1-2,9-11H2,(H,23,26)(H,24,28)(H2,22,29,30). The molecule has 0 unspecified atom stereocenters. The molecule has 0 aliphatic carbocycles. The molecule has 0 bridgehead atoms. The highest BCUT2D eigenvalue weighted by Crippen LogP contribution is 2.13. The number of nitrogens with two attached hydrogens (primary N) is 1. The predicted octanol–water partition coefficient (Wildman–Crippen LogP) is 1.13. The highest BCUT2D eigenvalue weighted by Gasteiger charge is 2.10. The molecule has 2 aromatic carbocycles. The van der Waals surface area contributed by atoms with Gasteiger partial charge in [0.05, 0.1) is 15.8 Å². The average molecular weight is 465 g/mol. The minimum Gasteiger partial charge on any atom is -0.356 e. The van der Waals surface area contributed by atoms with E-state index in [0.29, 0.717) is 35.3 Å². The number of carbonyl (C=O) groups excluding carboxylic acids is 1. The second-order valence-corrected chi connectivity index (χ2v) is 8.97. The molecular weight excluding hydrogens is 444 g/mol. The van der Waals surface area contributed by atoms with Gasteiger partial charge in [-0.15, -0.1) is 0 Å². The van der Waals surface area contributed by atoms with Gasteiger partial charge in [0, 0.05) is 24.5 Å². The summed E-state index contributed by atoms with van der Waals surface area (Å²) in [4.78, 5) is 39.4. The molecule has 0 saturated carbocycles. The van der Waals surface area contributed by atoms with Crippen LogP contribution in [-0.4, -0.2) is 30.4 Å². The maximum atomic E-state index is 12.5. The first-order valence-corrected chi connectivity index (χ1v) is 11.4. The fourth-order valence-corrected chi connectivity index (χ4v) is 3.80. The number of fused-ring (bicyclic) bond motifs is 1. The summed E-state index contributed by atoms with van der Waals surface area (Å²) in [5.74, 6) is -0.210. The molecular formula is C20H21ClN4O5S. The van der Waals surface area contributed by atoms with E-state index in [1.165, 1.54) is 18.2 Å². The van der Waals surface area contributed by atoms with Crippen LogP contribution in [0.1, 0.15) is 18.4 Å². The maximum absolute atomic E-state index is 12.5. The molecule has 1 amide bonds. The number of primary sulfonamides is 1. The van der Waals surface area contributed by atoms with Gasteiger partial charge in [0.25, 0.3) is 5.56 Å². The van der Waals surface area contributed by atoms with Gasteiger partial charge in [-0.25, -0.2) is 18.4 Å². The lowest BCUT2D eigenvalue weighted by molar-refractivity contribution is -0.121. The van der Waals surface area contributed by atoms with Crippen LogP contribution in [0.15, 0.2) is 56.9 Å². The molecule has 0 aliphatic heterocycles. The first kappa shape index (κ1) is 22.7. The third-order valence-corrected chi connectivity index (χ3v) is 5.88. The number of halogens is 1. The van der Waals surface area contributed by atoms with Crippen LogP contribution >= 0.6 is 11.6 Å². The van der Waals surface area contributed by atoms with Gasteiger partial charge in [-0.2, -0.15) is 0 Å². The Hall–Kier alpha value is -2.95. The second-order valence-electron chi connectivity index (χ2n) is 6.97. The van der Waals surface area contributed by atoms with Crippen LogP contribution in [0.4, 0.5) is 0 Å². The molecule has 0 saturated heterocycles. The van der Waals surface area contributed by atoms with Crippen LogP contribution in [0.3, 0.4) is 0 Å². The number of carbonyl (C=O) groups is 1. The van der Waals surface area contributed by atoms with Crippen molar-refractivity contribution in [2.45, 2.75) is 30.7 Å². The third-order valence-electron chi connectivity index (χ3n) is 4.72. The highest BCUT2D eigenvalue weighted by molar-refractivity contribution is 7.89. The van der Waals surface area contributed by atoms with Crippen molar-refractivity contribution in [3.05, 3.63) is 73.9 Å². The van der Waals surface area contributed by atoms with E-state index in [9.17, 15) is 22.8 Å². The first-order chi connectivity index (χ1) is 14.6. The van der Waals surface area contributed by atoms with E-state index in [2.05, 4.69) is 10.3 Å². The largest absolute Gasteiger partial charge is 0.356 e. The fourth-order valence-electron chi connectivity index (χ4n) is 3.11. The quantitative estimate of drug-likeness (QED) is 0.457. The van der Waals surface area contributed by atoms with Gasteiger partial charge >= 0.3 is 5.69 Å². The number of rotatable bonds is 8. The Balaban J connectivity index is 1.50. The van der Waals surface area contributed by atoms with Gasteiger partial charge in [0.2, 0.25) is 15.9 Å². The van der Waals surface area contributed by atoms with Crippen LogP contribution in [0.5, 0.6) is 0 Å². The normalized spacial score (nSPS) is 11.5. The molecule has 31 heavy (non-hydrogen) atoms. The van der Waals surface area contributed by atoms with Crippen molar-refractivity contribution in [1.29, 1.82) is 0 Å². The number of hydrogen-bond donors (Lipinski definition) is 3. The summed E-state index contributed by atoms with van der Waals surface area (Å²) >= 11 is 5.88. The Morgan fingerprint density at radius 3 is 2.52 bits per heavy atom. The number of hydrogen-bond acceptors (Lipinski definition) is 5. The topological polar surface area (TPSA) is 144 Å². The van der Waals surface area contributed by atoms with Crippen LogP contribution < -0.4 is 21.7 Å². The Kier molecular flexibility index (Phi) is 6.94. The summed E-state index contributed by atoms with van der Waals surface area (Å²) in [5.41, 5.74) is 0.234. The molecule has 164 valence electrons. The number of nitrogens with one attached hydrogen (secondary N) is 2. The number of H-pyrrole nitrogens is 1. The second kappa shape index (κ2) is 9.46. The first-order valence-electron chi connectivity index (χ1n) is 9.46. The molecule has 9 nitrogen and oxygen atoms in total. The summed E-state index contributed by atoms with van der Waals surface area (Å²) in [6, 6.07) is 10.7. The zero-order valence-electron chi connectivity index (χ0n) is 16.4. The Labute approximate surface area is 182 Å². The van der Waals surface area contributed by atoms with Gasteiger partial charge in [-0.3, -0.25) is 14.2 Å². The number of aromatic nitrogens is 2. The lowest BCUT2D eigenvalue weighted by Gasteiger charge is -2.08. The summed E-state index contributed by atoms with van der Waals surface area (Å²) < 4.78 is 23.6. The van der Waals surface area contributed by atoms with Crippen molar-refractivity contribution in [3.8, 4) is 0 Å². The van der Waals surface area contributed by atoms with Gasteiger partial charge in [0.1, 0.15) is 0 Å². The summed E-state index contributed by atoms with van der Waals surface area (Å²) in [6.07, 6.45) is 0.981. The lowest BCUT2D eigenvalue weighted by Crippen LogP contribution is -2.35. The van der Waals surface area contributed by atoms with Crippen molar-refractivity contribution in [3.63, 3.8) is 0 Å². The monoisotopic (exact) mass is 464 g/mol. The van der Waals surface area contributed by atoms with Crippen molar-refractivity contribution in [1.82, 2.24) is 14.9 Å². The van der Waals surface area contributed by atoms with Gasteiger partial charge in [-0.1, -0.05) is 23.7 Å². The zero-order chi connectivity index (χ0) is 22.6. The highest BCUT2D eigenvalue weighted by atomic mass is 35.5. The maximum Gasteiger partial charge on any atom is 0.328 e. The molecule has 0 radical (unpaired) electrons. The van der Waals surface area contributed by atoms with E-state index in [1.807, 2.05) is 0 Å². The molecule has 3 aromatic rings. The van der Waals surface area contributed by atoms with Crippen LogP contribution in [-0.2, 0) is 27.8 Å². The summed E-state index contributed by atoms with van der Waals surface area (Å²) in [7, 11) is -3.73. The Morgan fingerprint density at radius 2 is 1.84 bits per heavy atom. The summed E-state index contributed by atoms with van der Waals surface area (Å²) in [5, 5.41) is 8.57. The van der Waals surface area contributed by atoms with Crippen molar-refractivity contribution >= 4 is 38.4 Å². The Bertz CT molecular complexity index is 1330. The number of benzene rings is 2. The minimum absolute atomic E-state index is 0.0299. The van der Waals surface area contributed by atoms with Crippen LogP contribution in [0.2, 0.25) is 5.02 Å². The summed E-state index contributed by atoms with van der Waals surface area (Å²) in [6.45, 7) is 0.472. The number of nitrogens with zero attached hydrogens (tertiary/aromatic N) is 1. The van der Waals surface area contributed by atoms with Crippen LogP contribution in [0, 0.1) is 0 Å². The van der Waals surface area contributed by atoms with Gasteiger partial charge < -0.3 is 10.3 Å². The SMILES string of the molecule is NS(=O)(=O)c1ccc(CCNC(=O)CCCn2c(=O)[nH]c3cc(Cl)ccc3c2=O)cc1. The number of amides is 1. The van der Waals surface area contributed by atoms with Gasteiger partial charge in [0.15, 0.2) is 0 Å². The molecule has 1 aromatic heterocycles. The van der Waals surface area contributed by atoms with Crippen molar-refractivity contribution in [2.75, 3.05) is 6.54 Å². The average Bonchev–Trinajstić information content (AvgIpc) is 2.70. The minimum atomic E-state index is -3.73. The zero-order valence-corrected chi connectivity index (χ0v) is 18.0. The molecule has 1 heterocycles. The lowest BCUT2D eigenvalue weighted by atomic mass is 10.1. The van der Waals surface area contributed by atoms with E-state index in [1.54, 1.807) is 24.3 Å². The van der Waals surface area contributed by atoms with E-state index in [-0.39, 0.29) is 23.8 Å². The van der Waals surface area contributed by atoms with E-state index in [0.717, 1.165) is 10.1 Å². The van der Waals surface area contributed by atoms with Crippen molar-refractivity contribution < 1.29 is 13.2 Å². The van der Waals surface area contributed by atoms with Gasteiger partial charge in [-0.05, 0) is 48.7 Å². The Morgan fingerprint density at radius 1 is 1.13 bits per heavy atom. The molecule has 0 fully saturated rings. The molecule has 0 atom stereocenters. The smallest absolute Gasteiger partial charge is 0.328 e. The molecule has 11 heteroatoms. The van der Waals surface area contributed by atoms with Crippen LogP contribution in [0.25, 0.3) is 10.9 Å². The fraction of sp³-hybridized carbons (Fsp3) is 0.250. The van der Waals surface area contributed by atoms with E-state index >= 15 is 0 Å². The third kappa shape index (κ3) is 5.81. The molecule has 0 aliphatic rings. The molecule has 4 N–H and O–H groups in total. The number of aromatic amines is 1. The molecule has 3 rings (SSSR count). The van der Waals surface area contributed by atoms with E-state index in [4.69, 9.17) is 16.7 Å². The van der Waals surface area contributed by atoms with E-state index < -0.39 is 21.3 Å². The van der Waals surface area contributed by atoms with Crippen molar-refractivity contribution in [2.24, 2.45) is 5.14 Å².